The van der Waals surface area contributed by atoms with Gasteiger partial charge in [-0.05, 0) is 30.9 Å². The Morgan fingerprint density at radius 3 is 2.88 bits per heavy atom. The SMILES string of the molecule is CSc1nc2c(ccc3c(C)cc(=O)oc32)o1. The predicted octanol–water partition coefficient (Wildman–Crippen LogP) is 2.96. The molecule has 2 heterocycles. The molecule has 0 fully saturated rings. The zero-order valence-corrected chi connectivity index (χ0v) is 10.1. The van der Waals surface area contributed by atoms with E-state index in [1.54, 1.807) is 0 Å². The van der Waals surface area contributed by atoms with Crippen molar-refractivity contribution in [2.45, 2.75) is 12.1 Å². The second-order valence-electron chi connectivity index (χ2n) is 3.72. The van der Waals surface area contributed by atoms with E-state index in [4.69, 9.17) is 8.83 Å². The van der Waals surface area contributed by atoms with E-state index in [-0.39, 0.29) is 5.63 Å². The van der Waals surface area contributed by atoms with Gasteiger partial charge in [-0.15, -0.1) is 0 Å². The molecule has 0 saturated heterocycles. The lowest BCUT2D eigenvalue weighted by atomic mass is 10.1. The van der Waals surface area contributed by atoms with Gasteiger partial charge >= 0.3 is 5.63 Å². The fraction of sp³-hybridized carbons (Fsp3) is 0.167. The molecule has 3 rings (SSSR count). The van der Waals surface area contributed by atoms with Crippen molar-refractivity contribution in [1.29, 1.82) is 0 Å². The van der Waals surface area contributed by atoms with E-state index in [0.29, 0.717) is 21.9 Å². The highest BCUT2D eigenvalue weighted by molar-refractivity contribution is 7.98. The van der Waals surface area contributed by atoms with Crippen LogP contribution in [-0.4, -0.2) is 11.2 Å². The van der Waals surface area contributed by atoms with E-state index in [9.17, 15) is 4.79 Å². The van der Waals surface area contributed by atoms with Crippen LogP contribution in [0.4, 0.5) is 0 Å². The molecule has 0 bridgehead atoms. The fourth-order valence-electron chi connectivity index (χ4n) is 1.84. The monoisotopic (exact) mass is 247 g/mol. The van der Waals surface area contributed by atoms with Gasteiger partial charge in [0, 0.05) is 11.5 Å². The van der Waals surface area contributed by atoms with Crippen LogP contribution in [0.3, 0.4) is 0 Å². The van der Waals surface area contributed by atoms with Gasteiger partial charge in [-0.3, -0.25) is 0 Å². The molecule has 0 aliphatic heterocycles. The second kappa shape index (κ2) is 3.63. The summed E-state index contributed by atoms with van der Waals surface area (Å²) in [5.74, 6) is 0. The highest BCUT2D eigenvalue weighted by atomic mass is 32.2. The highest BCUT2D eigenvalue weighted by Crippen LogP contribution is 2.28. The zero-order chi connectivity index (χ0) is 12.0. The molecule has 0 saturated carbocycles. The summed E-state index contributed by atoms with van der Waals surface area (Å²) in [6.45, 7) is 1.88. The normalized spacial score (nSPS) is 11.4. The Morgan fingerprint density at radius 1 is 1.29 bits per heavy atom. The van der Waals surface area contributed by atoms with Gasteiger partial charge in [-0.1, -0.05) is 11.8 Å². The van der Waals surface area contributed by atoms with E-state index in [1.165, 1.54) is 17.8 Å². The molecule has 2 aromatic heterocycles. The first-order valence-electron chi connectivity index (χ1n) is 5.07. The summed E-state index contributed by atoms with van der Waals surface area (Å²) >= 11 is 1.41. The number of aromatic nitrogens is 1. The zero-order valence-electron chi connectivity index (χ0n) is 9.31. The van der Waals surface area contributed by atoms with Crippen LogP contribution in [0, 0.1) is 6.92 Å². The first-order valence-corrected chi connectivity index (χ1v) is 6.29. The van der Waals surface area contributed by atoms with Crippen LogP contribution < -0.4 is 5.63 Å². The third-order valence-electron chi connectivity index (χ3n) is 2.63. The van der Waals surface area contributed by atoms with Crippen molar-refractivity contribution in [2.24, 2.45) is 0 Å². The van der Waals surface area contributed by atoms with Crippen LogP contribution in [-0.2, 0) is 0 Å². The van der Waals surface area contributed by atoms with Crippen molar-refractivity contribution < 1.29 is 8.83 Å². The maximum atomic E-state index is 11.4. The van der Waals surface area contributed by atoms with Crippen LogP contribution in [0.25, 0.3) is 22.1 Å². The molecule has 4 nitrogen and oxygen atoms in total. The average molecular weight is 247 g/mol. The number of nitrogens with zero attached hydrogens (tertiary/aromatic N) is 1. The first-order chi connectivity index (χ1) is 8.19. The van der Waals surface area contributed by atoms with Crippen LogP contribution in [0.1, 0.15) is 5.56 Å². The largest absolute Gasteiger partial charge is 0.431 e. The summed E-state index contributed by atoms with van der Waals surface area (Å²) in [5.41, 5.74) is 2.25. The number of hydrogen-bond acceptors (Lipinski definition) is 5. The van der Waals surface area contributed by atoms with Gasteiger partial charge in [0.15, 0.2) is 16.7 Å². The molecule has 17 heavy (non-hydrogen) atoms. The van der Waals surface area contributed by atoms with Gasteiger partial charge < -0.3 is 8.83 Å². The van der Waals surface area contributed by atoms with Crippen LogP contribution in [0.2, 0.25) is 0 Å². The Hall–Kier alpha value is -1.75. The molecule has 0 amide bonds. The van der Waals surface area contributed by atoms with Crippen molar-refractivity contribution in [3.63, 3.8) is 0 Å². The van der Waals surface area contributed by atoms with Gasteiger partial charge in [0.25, 0.3) is 5.22 Å². The Kier molecular flexibility index (Phi) is 2.22. The molecule has 0 atom stereocenters. The number of thioether (sulfide) groups is 1. The van der Waals surface area contributed by atoms with Crippen molar-refractivity contribution >= 4 is 33.8 Å². The predicted molar refractivity (Wildman–Crippen MR) is 66.6 cm³/mol. The lowest BCUT2D eigenvalue weighted by Gasteiger charge is -1.98. The summed E-state index contributed by atoms with van der Waals surface area (Å²) in [6.07, 6.45) is 1.88. The van der Waals surface area contributed by atoms with Crippen molar-refractivity contribution in [1.82, 2.24) is 4.98 Å². The molecule has 1 aromatic carbocycles. The number of benzene rings is 1. The molecule has 5 heteroatoms. The summed E-state index contributed by atoms with van der Waals surface area (Å²) in [5, 5.41) is 1.45. The van der Waals surface area contributed by atoms with E-state index >= 15 is 0 Å². The second-order valence-corrected chi connectivity index (χ2v) is 4.48. The van der Waals surface area contributed by atoms with E-state index in [0.717, 1.165) is 10.9 Å². The van der Waals surface area contributed by atoms with E-state index < -0.39 is 0 Å². The summed E-state index contributed by atoms with van der Waals surface area (Å²) < 4.78 is 10.7. The van der Waals surface area contributed by atoms with Gasteiger partial charge in [-0.25, -0.2) is 4.79 Å². The van der Waals surface area contributed by atoms with Crippen LogP contribution in [0.15, 0.2) is 37.1 Å². The fourth-order valence-corrected chi connectivity index (χ4v) is 2.19. The van der Waals surface area contributed by atoms with E-state index in [2.05, 4.69) is 4.98 Å². The van der Waals surface area contributed by atoms with Gasteiger partial charge in [0.2, 0.25) is 0 Å². The Morgan fingerprint density at radius 2 is 2.12 bits per heavy atom. The minimum Gasteiger partial charge on any atom is -0.431 e. The number of oxazole rings is 1. The third-order valence-corrected chi connectivity index (χ3v) is 3.16. The molecule has 0 aliphatic carbocycles. The summed E-state index contributed by atoms with van der Waals surface area (Å²) in [6, 6.07) is 5.20. The average Bonchev–Trinajstić information content (AvgIpc) is 2.72. The summed E-state index contributed by atoms with van der Waals surface area (Å²) in [7, 11) is 0. The van der Waals surface area contributed by atoms with Gasteiger partial charge in [0.05, 0.1) is 0 Å². The Labute approximate surface area is 101 Å². The number of rotatable bonds is 1. The minimum atomic E-state index is -0.365. The quantitative estimate of drug-likeness (QED) is 0.488. The molecular formula is C12H9NO3S. The van der Waals surface area contributed by atoms with Gasteiger partial charge in [-0.2, -0.15) is 4.98 Å². The molecule has 3 aromatic rings. The smallest absolute Gasteiger partial charge is 0.336 e. The number of hydrogen-bond donors (Lipinski definition) is 0. The third kappa shape index (κ3) is 1.54. The first kappa shape index (κ1) is 10.4. The molecule has 0 spiro atoms. The van der Waals surface area contributed by atoms with Crippen molar-refractivity contribution in [3.8, 4) is 0 Å². The van der Waals surface area contributed by atoms with Crippen LogP contribution in [0.5, 0.6) is 0 Å². The van der Waals surface area contributed by atoms with Crippen molar-refractivity contribution in [2.75, 3.05) is 6.26 Å². The summed E-state index contributed by atoms with van der Waals surface area (Å²) in [4.78, 5) is 15.7. The molecular weight excluding hydrogens is 238 g/mol. The number of fused-ring (bicyclic) bond motifs is 3. The van der Waals surface area contributed by atoms with Crippen molar-refractivity contribution in [3.05, 3.63) is 34.2 Å². The standard InChI is InChI=1S/C12H9NO3S/c1-6-5-9(14)16-11-7(6)3-4-8-10(11)13-12(15-8)17-2/h3-5H,1-2H3. The van der Waals surface area contributed by atoms with E-state index in [1.807, 2.05) is 25.3 Å². The molecule has 0 unspecified atom stereocenters. The number of aryl methyl sites for hydroxylation is 1. The molecule has 0 N–H and O–H groups in total. The lowest BCUT2D eigenvalue weighted by Crippen LogP contribution is -1.97. The van der Waals surface area contributed by atoms with Crippen LogP contribution >= 0.6 is 11.8 Å². The molecule has 0 radical (unpaired) electrons. The molecule has 0 aliphatic rings. The highest BCUT2D eigenvalue weighted by Gasteiger charge is 2.12. The van der Waals surface area contributed by atoms with Gasteiger partial charge in [0.1, 0.15) is 0 Å². The Balaban J connectivity index is 2.53. The maximum absolute atomic E-state index is 11.4. The lowest BCUT2D eigenvalue weighted by molar-refractivity contribution is 0.490. The Bertz CT molecular complexity index is 772. The minimum absolute atomic E-state index is 0.365. The molecule has 86 valence electrons. The maximum Gasteiger partial charge on any atom is 0.336 e. The topological polar surface area (TPSA) is 56.2 Å².